The van der Waals surface area contributed by atoms with E-state index >= 15 is 0 Å². The number of carbonyl (C=O) groups excluding carboxylic acids is 1. The lowest BCUT2D eigenvalue weighted by molar-refractivity contribution is -0.118. The Morgan fingerprint density at radius 1 is 0.806 bits per heavy atom. The van der Waals surface area contributed by atoms with Gasteiger partial charge in [-0.05, 0) is 52.7 Å². The quantitative estimate of drug-likeness (QED) is 0.303. The van der Waals surface area contributed by atoms with Gasteiger partial charge in [0.25, 0.3) is 5.91 Å². The van der Waals surface area contributed by atoms with Gasteiger partial charge in [0.05, 0.1) is 10.7 Å². The maximum atomic E-state index is 12.5. The summed E-state index contributed by atoms with van der Waals surface area (Å²) in [7, 11) is 0. The Morgan fingerprint density at radius 3 is 2.33 bits per heavy atom. The van der Waals surface area contributed by atoms with Crippen molar-refractivity contribution in [2.45, 2.75) is 6.54 Å². The molecule has 5 rings (SSSR count). The summed E-state index contributed by atoms with van der Waals surface area (Å²) in [6.07, 6.45) is 0. The molecule has 0 bridgehead atoms. The van der Waals surface area contributed by atoms with Gasteiger partial charge < -0.3 is 15.0 Å². The highest BCUT2D eigenvalue weighted by atomic mass is 35.5. The van der Waals surface area contributed by atoms with Crippen molar-refractivity contribution >= 4 is 51.3 Å². The molecule has 0 aliphatic carbocycles. The number of halogens is 2. The number of benzene rings is 4. The molecular weight excluding hydrogens is 493 g/mol. The molecule has 4 aromatic rings. The first-order valence-corrected chi connectivity index (χ1v) is 12.7. The maximum Gasteiger partial charge on any atom is 0.262 e. The molecule has 0 radical (unpaired) electrons. The van der Waals surface area contributed by atoms with Crippen LogP contribution >= 0.6 is 23.2 Å². The topological polar surface area (TPSA) is 44.8 Å². The van der Waals surface area contributed by atoms with E-state index in [1.54, 1.807) is 6.07 Å². The van der Waals surface area contributed by atoms with Crippen molar-refractivity contribution in [3.63, 3.8) is 0 Å². The molecule has 0 spiro atoms. The summed E-state index contributed by atoms with van der Waals surface area (Å²) in [4.78, 5) is 17.1. The molecule has 5 nitrogen and oxygen atoms in total. The van der Waals surface area contributed by atoms with Crippen LogP contribution < -0.4 is 15.0 Å². The maximum absolute atomic E-state index is 12.5. The van der Waals surface area contributed by atoms with Crippen LogP contribution in [0.3, 0.4) is 0 Å². The third-order valence-corrected chi connectivity index (χ3v) is 7.06. The zero-order valence-electron chi connectivity index (χ0n) is 19.8. The largest absolute Gasteiger partial charge is 0.484 e. The third kappa shape index (κ3) is 5.93. The van der Waals surface area contributed by atoms with Crippen LogP contribution in [0, 0.1) is 0 Å². The summed E-state index contributed by atoms with van der Waals surface area (Å²) in [6, 6.07) is 27.4. The average Bonchev–Trinajstić information content (AvgIpc) is 2.89. The molecule has 1 fully saturated rings. The Balaban J connectivity index is 1.13. The molecule has 4 aromatic carbocycles. The van der Waals surface area contributed by atoms with Gasteiger partial charge in [-0.3, -0.25) is 9.69 Å². The minimum Gasteiger partial charge on any atom is -0.484 e. The lowest BCUT2D eigenvalue weighted by Crippen LogP contribution is -2.46. The molecule has 0 saturated carbocycles. The first-order chi connectivity index (χ1) is 17.5. The second-order valence-corrected chi connectivity index (χ2v) is 9.68. The molecule has 1 aliphatic rings. The number of piperazine rings is 1. The van der Waals surface area contributed by atoms with Gasteiger partial charge in [0.15, 0.2) is 6.61 Å². The van der Waals surface area contributed by atoms with Gasteiger partial charge in [-0.25, -0.2) is 0 Å². The van der Waals surface area contributed by atoms with Gasteiger partial charge in [-0.1, -0.05) is 71.7 Å². The number of nitrogens with one attached hydrogen (secondary N) is 1. The summed E-state index contributed by atoms with van der Waals surface area (Å²) in [5.74, 6) is 0.422. The number of rotatable bonds is 7. The highest BCUT2D eigenvalue weighted by Gasteiger charge is 2.20. The van der Waals surface area contributed by atoms with Crippen molar-refractivity contribution in [3.8, 4) is 5.75 Å². The average molecular weight is 520 g/mol. The van der Waals surface area contributed by atoms with Crippen LogP contribution in [0.4, 0.5) is 11.4 Å². The van der Waals surface area contributed by atoms with E-state index in [4.69, 9.17) is 27.9 Å². The van der Waals surface area contributed by atoms with Crippen molar-refractivity contribution < 1.29 is 9.53 Å². The number of ether oxygens (including phenoxy) is 1. The standard InChI is InChI=1S/C29H27Cl2N3O2/c30-26-8-4-3-7-23(26)19-33-13-15-34(16-14-33)28-12-10-24(18-27(28)31)32-29(35)20-36-25-11-9-21-5-1-2-6-22(21)17-25/h1-12,17-18H,13-16,19-20H2,(H,32,35). The normalized spacial score (nSPS) is 14.1. The minimum absolute atomic E-state index is 0.0783. The first kappa shape index (κ1) is 24.4. The second kappa shape index (κ2) is 11.2. The number of carbonyl (C=O) groups is 1. The van der Waals surface area contributed by atoms with Crippen LogP contribution in [0.1, 0.15) is 5.56 Å². The molecule has 36 heavy (non-hydrogen) atoms. The van der Waals surface area contributed by atoms with Crippen molar-refractivity contribution in [1.82, 2.24) is 4.90 Å². The lowest BCUT2D eigenvalue weighted by Gasteiger charge is -2.36. The highest BCUT2D eigenvalue weighted by molar-refractivity contribution is 6.33. The molecule has 1 saturated heterocycles. The smallest absolute Gasteiger partial charge is 0.262 e. The molecule has 1 heterocycles. The summed E-state index contributed by atoms with van der Waals surface area (Å²) in [5.41, 5.74) is 2.77. The fourth-order valence-electron chi connectivity index (χ4n) is 4.46. The van der Waals surface area contributed by atoms with E-state index in [2.05, 4.69) is 21.2 Å². The predicted molar refractivity (Wildman–Crippen MR) is 148 cm³/mol. The molecule has 1 aliphatic heterocycles. The van der Waals surface area contributed by atoms with Crippen molar-refractivity contribution in [3.05, 3.63) is 101 Å². The van der Waals surface area contributed by atoms with E-state index in [1.807, 2.05) is 72.8 Å². The van der Waals surface area contributed by atoms with Crippen molar-refractivity contribution in [2.24, 2.45) is 0 Å². The van der Waals surface area contributed by atoms with Gasteiger partial charge in [0, 0.05) is 43.4 Å². The molecule has 7 heteroatoms. The predicted octanol–water partition coefficient (Wildman–Crippen LogP) is 6.49. The fraction of sp³-hybridized carbons (Fsp3) is 0.207. The van der Waals surface area contributed by atoms with Crippen LogP contribution in [0.25, 0.3) is 10.8 Å². The third-order valence-electron chi connectivity index (χ3n) is 6.39. The SMILES string of the molecule is O=C(COc1ccc2ccccc2c1)Nc1ccc(N2CCN(Cc3ccccc3Cl)CC2)c(Cl)c1. The van der Waals surface area contributed by atoms with E-state index < -0.39 is 0 Å². The van der Waals surface area contributed by atoms with Gasteiger partial charge >= 0.3 is 0 Å². The van der Waals surface area contributed by atoms with Gasteiger partial charge in [0.2, 0.25) is 0 Å². The van der Waals surface area contributed by atoms with Crippen LogP contribution in [-0.2, 0) is 11.3 Å². The number of anilines is 2. The summed E-state index contributed by atoms with van der Waals surface area (Å²) in [6.45, 7) is 4.35. The zero-order valence-corrected chi connectivity index (χ0v) is 21.3. The second-order valence-electron chi connectivity index (χ2n) is 8.87. The minimum atomic E-state index is -0.236. The first-order valence-electron chi connectivity index (χ1n) is 12.0. The Bertz CT molecular complexity index is 1370. The van der Waals surface area contributed by atoms with Gasteiger partial charge in [0.1, 0.15) is 5.75 Å². The summed E-state index contributed by atoms with van der Waals surface area (Å²) in [5, 5.41) is 6.50. The van der Waals surface area contributed by atoms with Gasteiger partial charge in [-0.2, -0.15) is 0 Å². The highest BCUT2D eigenvalue weighted by Crippen LogP contribution is 2.30. The monoisotopic (exact) mass is 519 g/mol. The van der Waals surface area contributed by atoms with Crippen LogP contribution in [-0.4, -0.2) is 43.6 Å². The molecule has 184 valence electrons. The van der Waals surface area contributed by atoms with Crippen LogP contribution in [0.2, 0.25) is 10.0 Å². The van der Waals surface area contributed by atoms with Crippen LogP contribution in [0.5, 0.6) is 5.75 Å². The fourth-order valence-corrected chi connectivity index (χ4v) is 4.95. The van der Waals surface area contributed by atoms with Crippen molar-refractivity contribution in [1.29, 1.82) is 0 Å². The van der Waals surface area contributed by atoms with Crippen molar-refractivity contribution in [2.75, 3.05) is 43.0 Å². The number of hydrogen-bond acceptors (Lipinski definition) is 4. The number of nitrogens with zero attached hydrogens (tertiary/aromatic N) is 2. The van der Waals surface area contributed by atoms with Gasteiger partial charge in [-0.15, -0.1) is 0 Å². The molecular formula is C29H27Cl2N3O2. The summed E-state index contributed by atoms with van der Waals surface area (Å²) < 4.78 is 5.69. The van der Waals surface area contributed by atoms with E-state index in [0.29, 0.717) is 16.5 Å². The molecule has 1 amide bonds. The molecule has 0 aromatic heterocycles. The number of fused-ring (bicyclic) bond motifs is 1. The van der Waals surface area contributed by atoms with E-state index in [-0.39, 0.29) is 12.5 Å². The number of amides is 1. The Kier molecular flexibility index (Phi) is 7.61. The van der Waals surface area contributed by atoms with E-state index in [9.17, 15) is 4.79 Å². The molecule has 1 N–H and O–H groups in total. The number of hydrogen-bond donors (Lipinski definition) is 1. The van der Waals surface area contributed by atoms with Crippen LogP contribution in [0.15, 0.2) is 84.9 Å². The van der Waals surface area contributed by atoms with E-state index in [1.165, 1.54) is 0 Å². The van der Waals surface area contributed by atoms with E-state index in [0.717, 1.165) is 59.8 Å². The Hall–Kier alpha value is -3.25. The molecule has 0 unspecified atom stereocenters. The molecule has 0 atom stereocenters. The zero-order chi connectivity index (χ0) is 24.9. The Labute approximate surface area is 221 Å². The summed E-state index contributed by atoms with van der Waals surface area (Å²) >= 11 is 12.9. The Morgan fingerprint density at radius 2 is 1.56 bits per heavy atom. The lowest BCUT2D eigenvalue weighted by atomic mass is 10.1.